The van der Waals surface area contributed by atoms with Gasteiger partial charge in [-0.3, -0.25) is 9.97 Å². The Hall–Kier alpha value is -4.85. The number of pyridine rings is 2. The Kier molecular flexibility index (Phi) is 7.00. The first-order valence-corrected chi connectivity index (χ1v) is 10.2. The summed E-state index contributed by atoms with van der Waals surface area (Å²) in [6.45, 7) is 0.0458. The van der Waals surface area contributed by atoms with Gasteiger partial charge in [0.15, 0.2) is 0 Å². The summed E-state index contributed by atoms with van der Waals surface area (Å²) in [5.41, 5.74) is 1.28. The van der Waals surface area contributed by atoms with Crippen LogP contribution in [0, 0.1) is 0 Å². The van der Waals surface area contributed by atoms with Crippen molar-refractivity contribution in [2.75, 3.05) is 0 Å². The Morgan fingerprint density at radius 1 is 0.618 bits per heavy atom. The van der Waals surface area contributed by atoms with Crippen LogP contribution in [0.4, 0.5) is 0 Å². The summed E-state index contributed by atoms with van der Waals surface area (Å²) < 4.78 is 16.1. The molecule has 4 rings (SSSR count). The molecule has 0 unspecified atom stereocenters. The fourth-order valence-corrected chi connectivity index (χ4v) is 2.91. The van der Waals surface area contributed by atoms with E-state index in [0.29, 0.717) is 0 Å². The molecule has 34 heavy (non-hydrogen) atoms. The molecule has 0 spiro atoms. The van der Waals surface area contributed by atoms with Crippen molar-refractivity contribution in [3.63, 3.8) is 0 Å². The molecule has 0 aliphatic heterocycles. The maximum atomic E-state index is 12.7. The van der Waals surface area contributed by atoms with Gasteiger partial charge in [0.1, 0.15) is 18.1 Å². The van der Waals surface area contributed by atoms with Crippen LogP contribution in [0.3, 0.4) is 0 Å². The third-order valence-corrected chi connectivity index (χ3v) is 4.54. The number of carbonyl (C=O) groups excluding carboxylic acids is 3. The van der Waals surface area contributed by atoms with E-state index in [1.165, 1.54) is 55.1 Å². The molecule has 0 saturated heterocycles. The Morgan fingerprint density at radius 2 is 1.18 bits per heavy atom. The Balaban J connectivity index is 1.57. The van der Waals surface area contributed by atoms with Crippen molar-refractivity contribution in [3.8, 4) is 11.5 Å². The lowest BCUT2D eigenvalue weighted by atomic mass is 10.2. The van der Waals surface area contributed by atoms with Crippen molar-refractivity contribution >= 4 is 17.9 Å². The monoisotopic (exact) mass is 454 g/mol. The highest BCUT2D eigenvalue weighted by molar-refractivity contribution is 5.94. The standard InChI is InChI=1S/C26H18N2O6/c29-24(32-17-18-6-2-1-3-7-18)21-12-22(33-25(30)19-8-4-10-27-15-19)14-23(13-21)34-26(31)20-9-5-11-28-16-20/h1-16H,17H2. The number of benzene rings is 2. The van der Waals surface area contributed by atoms with E-state index in [2.05, 4.69) is 9.97 Å². The Bertz CT molecular complexity index is 1220. The molecule has 0 saturated carbocycles. The Labute approximate surface area is 194 Å². The van der Waals surface area contributed by atoms with Crippen molar-refractivity contribution in [1.29, 1.82) is 0 Å². The molecule has 0 fully saturated rings. The first-order valence-electron chi connectivity index (χ1n) is 10.2. The van der Waals surface area contributed by atoms with Gasteiger partial charge in [-0.15, -0.1) is 0 Å². The molecule has 2 aromatic carbocycles. The summed E-state index contributed by atoms with van der Waals surface area (Å²) >= 11 is 0. The maximum absolute atomic E-state index is 12.7. The van der Waals surface area contributed by atoms with E-state index >= 15 is 0 Å². The van der Waals surface area contributed by atoms with E-state index in [-0.39, 0.29) is 34.8 Å². The van der Waals surface area contributed by atoms with Crippen molar-refractivity contribution in [1.82, 2.24) is 9.97 Å². The van der Waals surface area contributed by atoms with Crippen LogP contribution in [0.25, 0.3) is 0 Å². The van der Waals surface area contributed by atoms with E-state index in [1.54, 1.807) is 12.1 Å². The molecule has 0 aliphatic carbocycles. The summed E-state index contributed by atoms with van der Waals surface area (Å²) in [5.74, 6) is -2.06. The van der Waals surface area contributed by atoms with Crippen molar-refractivity contribution in [3.05, 3.63) is 120 Å². The fraction of sp³-hybridized carbons (Fsp3) is 0.0385. The fourth-order valence-electron chi connectivity index (χ4n) is 2.91. The van der Waals surface area contributed by atoms with Gasteiger partial charge in [-0.2, -0.15) is 0 Å². The summed E-state index contributed by atoms with van der Waals surface area (Å²) in [4.78, 5) is 45.4. The number of rotatable bonds is 7. The van der Waals surface area contributed by atoms with E-state index < -0.39 is 17.9 Å². The highest BCUT2D eigenvalue weighted by atomic mass is 16.5. The molecule has 8 heteroatoms. The third kappa shape index (κ3) is 5.89. The number of hydrogen-bond acceptors (Lipinski definition) is 8. The highest BCUT2D eigenvalue weighted by Crippen LogP contribution is 2.25. The topological polar surface area (TPSA) is 105 Å². The number of aromatic nitrogens is 2. The van der Waals surface area contributed by atoms with E-state index in [0.717, 1.165) is 5.56 Å². The van der Waals surface area contributed by atoms with Crippen molar-refractivity contribution < 1.29 is 28.6 Å². The number of hydrogen-bond donors (Lipinski definition) is 0. The van der Waals surface area contributed by atoms with Gasteiger partial charge >= 0.3 is 17.9 Å². The first kappa shape index (κ1) is 22.3. The molecule has 0 amide bonds. The van der Waals surface area contributed by atoms with Crippen LogP contribution < -0.4 is 9.47 Å². The minimum atomic E-state index is -0.688. The maximum Gasteiger partial charge on any atom is 0.345 e. The largest absolute Gasteiger partial charge is 0.457 e. The summed E-state index contributed by atoms with van der Waals surface area (Å²) in [7, 11) is 0. The number of ether oxygens (including phenoxy) is 3. The van der Waals surface area contributed by atoms with Gasteiger partial charge in [0.25, 0.3) is 0 Å². The van der Waals surface area contributed by atoms with Crippen LogP contribution >= 0.6 is 0 Å². The van der Waals surface area contributed by atoms with E-state index in [9.17, 15) is 14.4 Å². The van der Waals surface area contributed by atoms with Crippen LogP contribution in [-0.2, 0) is 11.3 Å². The minimum Gasteiger partial charge on any atom is -0.457 e. The zero-order valence-corrected chi connectivity index (χ0v) is 17.8. The summed E-state index contributed by atoms with van der Waals surface area (Å²) in [6, 6.07) is 19.4. The first-order chi connectivity index (χ1) is 16.6. The quantitative estimate of drug-likeness (QED) is 0.301. The molecule has 0 N–H and O–H groups in total. The van der Waals surface area contributed by atoms with Crippen LogP contribution in [0.1, 0.15) is 36.6 Å². The molecule has 168 valence electrons. The number of carbonyl (C=O) groups is 3. The smallest absolute Gasteiger partial charge is 0.345 e. The van der Waals surface area contributed by atoms with Crippen LogP contribution in [0.2, 0.25) is 0 Å². The summed E-state index contributed by atoms with van der Waals surface area (Å²) in [5, 5.41) is 0. The average molecular weight is 454 g/mol. The van der Waals surface area contributed by atoms with Gasteiger partial charge in [0, 0.05) is 30.9 Å². The molecule has 0 atom stereocenters. The van der Waals surface area contributed by atoms with E-state index in [4.69, 9.17) is 14.2 Å². The molecule has 4 aromatic rings. The molecule has 2 aromatic heterocycles. The molecule has 8 nitrogen and oxygen atoms in total. The van der Waals surface area contributed by atoms with Gasteiger partial charge in [-0.25, -0.2) is 14.4 Å². The SMILES string of the molecule is O=C(OCc1ccccc1)c1cc(OC(=O)c2cccnc2)cc(OC(=O)c2cccnc2)c1. The number of esters is 3. The van der Waals surface area contributed by atoms with Gasteiger partial charge in [0.05, 0.1) is 16.7 Å². The zero-order chi connectivity index (χ0) is 23.8. The molecular weight excluding hydrogens is 436 g/mol. The van der Waals surface area contributed by atoms with Gasteiger partial charge in [-0.1, -0.05) is 30.3 Å². The Morgan fingerprint density at radius 3 is 1.68 bits per heavy atom. The molecule has 2 heterocycles. The second-order valence-corrected chi connectivity index (χ2v) is 7.02. The third-order valence-electron chi connectivity index (χ3n) is 4.54. The highest BCUT2D eigenvalue weighted by Gasteiger charge is 2.17. The lowest BCUT2D eigenvalue weighted by Gasteiger charge is -2.11. The minimum absolute atomic E-state index is 0.00278. The second kappa shape index (κ2) is 10.6. The molecular formula is C26H18N2O6. The van der Waals surface area contributed by atoms with Gasteiger partial charge < -0.3 is 14.2 Å². The predicted molar refractivity (Wildman–Crippen MR) is 120 cm³/mol. The van der Waals surface area contributed by atoms with Crippen LogP contribution in [0.5, 0.6) is 11.5 Å². The predicted octanol–water partition coefficient (Wildman–Crippen LogP) is 4.27. The molecule has 0 radical (unpaired) electrons. The van der Waals surface area contributed by atoms with Crippen molar-refractivity contribution in [2.24, 2.45) is 0 Å². The van der Waals surface area contributed by atoms with Gasteiger partial charge in [-0.05, 0) is 42.0 Å². The molecule has 0 bridgehead atoms. The van der Waals surface area contributed by atoms with Crippen molar-refractivity contribution in [2.45, 2.75) is 6.61 Å². The molecule has 0 aliphatic rings. The van der Waals surface area contributed by atoms with Crippen LogP contribution in [0.15, 0.2) is 97.6 Å². The zero-order valence-electron chi connectivity index (χ0n) is 17.8. The summed E-state index contributed by atoms with van der Waals surface area (Å²) in [6.07, 6.45) is 5.75. The normalized spacial score (nSPS) is 10.2. The second-order valence-electron chi connectivity index (χ2n) is 7.02. The van der Waals surface area contributed by atoms with E-state index in [1.807, 2.05) is 30.3 Å². The lowest BCUT2D eigenvalue weighted by molar-refractivity contribution is 0.0469. The van der Waals surface area contributed by atoms with Crippen LogP contribution in [-0.4, -0.2) is 27.9 Å². The lowest BCUT2D eigenvalue weighted by Crippen LogP contribution is -2.12. The van der Waals surface area contributed by atoms with Gasteiger partial charge in [0.2, 0.25) is 0 Å². The number of nitrogens with zero attached hydrogens (tertiary/aromatic N) is 2. The average Bonchev–Trinajstić information content (AvgIpc) is 2.88.